The number of amides is 1. The molecule has 1 aromatic rings. The summed E-state index contributed by atoms with van der Waals surface area (Å²) < 4.78 is 0. The van der Waals surface area contributed by atoms with Crippen LogP contribution in [0, 0.1) is 0 Å². The Balaban J connectivity index is 1.93. The predicted molar refractivity (Wildman–Crippen MR) is 63.6 cm³/mol. The molecule has 0 unspecified atom stereocenters. The predicted octanol–water partition coefficient (Wildman–Crippen LogP) is 0.966. The van der Waals surface area contributed by atoms with Crippen LogP contribution in [0.4, 0.5) is 0 Å². The molecule has 1 amide bonds. The van der Waals surface area contributed by atoms with Gasteiger partial charge < -0.3 is 15.5 Å². The second-order valence-electron chi connectivity index (χ2n) is 4.69. The maximum Gasteiger partial charge on any atom is 0.224 e. The first kappa shape index (κ1) is 11.9. The highest BCUT2D eigenvalue weighted by atomic mass is 16.3. The average Bonchev–Trinajstić information content (AvgIpc) is 2.23. The Morgan fingerprint density at radius 3 is 2.71 bits per heavy atom. The summed E-state index contributed by atoms with van der Waals surface area (Å²) in [6.45, 7) is -0.00121. The molecule has 0 atom stereocenters. The molecule has 2 rings (SSSR count). The number of aromatic hydroxyl groups is 1. The fraction of sp³-hybridized carbons (Fsp3) is 0.462. The molecule has 17 heavy (non-hydrogen) atoms. The molecule has 0 radical (unpaired) electrons. The largest absolute Gasteiger partial charge is 0.508 e. The van der Waals surface area contributed by atoms with Crippen LogP contribution >= 0.6 is 0 Å². The Morgan fingerprint density at radius 1 is 1.41 bits per heavy atom. The summed E-state index contributed by atoms with van der Waals surface area (Å²) in [7, 11) is 0. The first-order valence-electron chi connectivity index (χ1n) is 5.83. The van der Waals surface area contributed by atoms with Crippen LogP contribution in [0.15, 0.2) is 24.3 Å². The molecule has 1 aliphatic carbocycles. The topological polar surface area (TPSA) is 69.6 Å². The number of aliphatic hydroxyl groups excluding tert-OH is 1. The summed E-state index contributed by atoms with van der Waals surface area (Å²) in [6, 6.07) is 6.66. The van der Waals surface area contributed by atoms with Crippen LogP contribution in [0.3, 0.4) is 0 Å². The zero-order valence-corrected chi connectivity index (χ0v) is 9.65. The highest BCUT2D eigenvalue weighted by molar-refractivity contribution is 5.79. The van der Waals surface area contributed by atoms with Gasteiger partial charge in [0.1, 0.15) is 5.75 Å². The molecular formula is C13H17NO3. The molecule has 1 saturated carbocycles. The van der Waals surface area contributed by atoms with E-state index in [-0.39, 0.29) is 24.7 Å². The molecule has 4 heteroatoms. The fourth-order valence-corrected chi connectivity index (χ4v) is 2.12. The van der Waals surface area contributed by atoms with E-state index in [1.54, 1.807) is 24.3 Å². The Morgan fingerprint density at radius 2 is 2.18 bits per heavy atom. The van der Waals surface area contributed by atoms with E-state index in [9.17, 15) is 15.0 Å². The van der Waals surface area contributed by atoms with Gasteiger partial charge >= 0.3 is 0 Å². The Hall–Kier alpha value is -1.55. The molecule has 1 fully saturated rings. The molecular weight excluding hydrogens is 218 g/mol. The average molecular weight is 235 g/mol. The van der Waals surface area contributed by atoms with Crippen LogP contribution in [0.2, 0.25) is 0 Å². The third kappa shape index (κ3) is 2.77. The summed E-state index contributed by atoms with van der Waals surface area (Å²) in [5.41, 5.74) is 0.378. The molecule has 0 spiro atoms. The van der Waals surface area contributed by atoms with Gasteiger partial charge in [-0.3, -0.25) is 4.79 Å². The molecule has 0 bridgehead atoms. The van der Waals surface area contributed by atoms with Crippen molar-refractivity contribution in [3.8, 4) is 5.75 Å². The molecule has 4 nitrogen and oxygen atoms in total. The summed E-state index contributed by atoms with van der Waals surface area (Å²) in [4.78, 5) is 11.8. The van der Waals surface area contributed by atoms with E-state index in [0.29, 0.717) is 0 Å². The normalized spacial score (nSPS) is 17.2. The van der Waals surface area contributed by atoms with Crippen molar-refractivity contribution >= 4 is 5.91 Å². The van der Waals surface area contributed by atoms with Crippen LogP contribution in [0.25, 0.3) is 0 Å². The monoisotopic (exact) mass is 235 g/mol. The Bertz CT molecular complexity index is 407. The number of phenolic OH excluding ortho intramolecular Hbond substituents is 1. The van der Waals surface area contributed by atoms with E-state index < -0.39 is 5.54 Å². The number of rotatable bonds is 4. The van der Waals surface area contributed by atoms with Crippen molar-refractivity contribution in [2.24, 2.45) is 0 Å². The number of carbonyl (C=O) groups excluding carboxylic acids is 1. The quantitative estimate of drug-likeness (QED) is 0.728. The molecule has 0 aliphatic heterocycles. The van der Waals surface area contributed by atoms with Crippen LogP contribution in [0.1, 0.15) is 24.8 Å². The molecule has 0 saturated heterocycles. The third-order valence-electron chi connectivity index (χ3n) is 3.29. The lowest BCUT2D eigenvalue weighted by Gasteiger charge is -2.41. The van der Waals surface area contributed by atoms with Gasteiger partial charge in [0.15, 0.2) is 0 Å². The van der Waals surface area contributed by atoms with E-state index in [2.05, 4.69) is 5.32 Å². The highest BCUT2D eigenvalue weighted by Gasteiger charge is 2.37. The fourth-order valence-electron chi connectivity index (χ4n) is 2.12. The minimum Gasteiger partial charge on any atom is -0.508 e. The number of nitrogens with one attached hydrogen (secondary N) is 1. The molecule has 0 aromatic heterocycles. The van der Waals surface area contributed by atoms with Gasteiger partial charge in [0.2, 0.25) is 5.91 Å². The van der Waals surface area contributed by atoms with Gasteiger partial charge in [0.05, 0.1) is 18.6 Å². The summed E-state index contributed by atoms with van der Waals surface area (Å²) in [5, 5.41) is 21.4. The Kier molecular flexibility index (Phi) is 3.33. The van der Waals surface area contributed by atoms with Crippen molar-refractivity contribution < 1.29 is 15.0 Å². The minimum absolute atomic E-state index is 0.00121. The van der Waals surface area contributed by atoms with E-state index in [4.69, 9.17) is 0 Å². The minimum atomic E-state index is -0.395. The van der Waals surface area contributed by atoms with Crippen molar-refractivity contribution in [1.82, 2.24) is 5.32 Å². The number of phenols is 1. The molecule has 1 aliphatic rings. The lowest BCUT2D eigenvalue weighted by molar-refractivity contribution is -0.124. The molecule has 0 heterocycles. The summed E-state index contributed by atoms with van der Waals surface area (Å²) in [5.74, 6) is 0.0557. The number of benzene rings is 1. The lowest BCUT2D eigenvalue weighted by atomic mass is 9.77. The van der Waals surface area contributed by atoms with Crippen LogP contribution in [0.5, 0.6) is 5.75 Å². The van der Waals surface area contributed by atoms with Crippen molar-refractivity contribution in [3.63, 3.8) is 0 Å². The lowest BCUT2D eigenvalue weighted by Crippen LogP contribution is -2.56. The molecule has 3 N–H and O–H groups in total. The van der Waals surface area contributed by atoms with Crippen molar-refractivity contribution in [2.45, 2.75) is 31.2 Å². The zero-order chi connectivity index (χ0) is 12.3. The van der Waals surface area contributed by atoms with Gasteiger partial charge in [-0.25, -0.2) is 0 Å². The highest BCUT2D eigenvalue weighted by Crippen LogP contribution is 2.31. The van der Waals surface area contributed by atoms with Gasteiger partial charge in [-0.15, -0.1) is 0 Å². The second-order valence-corrected chi connectivity index (χ2v) is 4.69. The maximum absolute atomic E-state index is 11.8. The van der Waals surface area contributed by atoms with Gasteiger partial charge in [-0.2, -0.15) is 0 Å². The first-order valence-corrected chi connectivity index (χ1v) is 5.83. The zero-order valence-electron chi connectivity index (χ0n) is 9.65. The Labute approximate surface area is 100 Å². The maximum atomic E-state index is 11.8. The first-order chi connectivity index (χ1) is 8.13. The van der Waals surface area contributed by atoms with E-state index in [1.807, 2.05) is 0 Å². The summed E-state index contributed by atoms with van der Waals surface area (Å²) in [6.07, 6.45) is 2.97. The van der Waals surface area contributed by atoms with Crippen molar-refractivity contribution in [2.75, 3.05) is 6.61 Å². The molecule has 1 aromatic carbocycles. The second kappa shape index (κ2) is 4.75. The van der Waals surface area contributed by atoms with Gasteiger partial charge in [-0.1, -0.05) is 12.1 Å². The molecule has 92 valence electrons. The van der Waals surface area contributed by atoms with Crippen molar-refractivity contribution in [1.29, 1.82) is 0 Å². The van der Waals surface area contributed by atoms with Crippen molar-refractivity contribution in [3.05, 3.63) is 29.8 Å². The van der Waals surface area contributed by atoms with Crippen LogP contribution in [-0.2, 0) is 11.2 Å². The number of carbonyl (C=O) groups is 1. The van der Waals surface area contributed by atoms with Gasteiger partial charge in [0, 0.05) is 0 Å². The van der Waals surface area contributed by atoms with Crippen LogP contribution < -0.4 is 5.32 Å². The number of hydrogen-bond acceptors (Lipinski definition) is 3. The van der Waals surface area contributed by atoms with Crippen LogP contribution in [-0.4, -0.2) is 28.3 Å². The van der Waals surface area contributed by atoms with E-state index in [0.717, 1.165) is 24.8 Å². The smallest absolute Gasteiger partial charge is 0.224 e. The van der Waals surface area contributed by atoms with E-state index in [1.165, 1.54) is 0 Å². The summed E-state index contributed by atoms with van der Waals surface area (Å²) >= 11 is 0. The van der Waals surface area contributed by atoms with Gasteiger partial charge in [-0.05, 0) is 37.0 Å². The SMILES string of the molecule is O=C(Cc1cccc(O)c1)NC1(CO)CCC1. The third-order valence-corrected chi connectivity index (χ3v) is 3.29. The van der Waals surface area contributed by atoms with E-state index >= 15 is 0 Å². The standard InChI is InChI=1S/C13H17NO3/c15-9-13(5-2-6-13)14-12(17)8-10-3-1-4-11(16)7-10/h1,3-4,7,15-16H,2,5-6,8-9H2,(H,14,17). The van der Waals surface area contributed by atoms with Gasteiger partial charge in [0.25, 0.3) is 0 Å². The number of aliphatic hydroxyl groups is 1. The number of hydrogen-bond donors (Lipinski definition) is 3.